The van der Waals surface area contributed by atoms with Crippen molar-refractivity contribution in [2.24, 2.45) is 5.92 Å². The third-order valence-electron chi connectivity index (χ3n) is 5.62. The van der Waals surface area contributed by atoms with Crippen LogP contribution >= 0.6 is 0 Å². The molecule has 1 atom stereocenters. The van der Waals surface area contributed by atoms with Crippen molar-refractivity contribution >= 4 is 22.8 Å². The van der Waals surface area contributed by atoms with E-state index in [4.69, 9.17) is 9.47 Å². The predicted octanol–water partition coefficient (Wildman–Crippen LogP) is 2.47. The van der Waals surface area contributed by atoms with Crippen LogP contribution in [-0.4, -0.2) is 43.2 Å². The molecule has 3 aromatic rings. The number of hydrogen-bond donors (Lipinski definition) is 2. The van der Waals surface area contributed by atoms with Crippen molar-refractivity contribution < 1.29 is 14.3 Å². The number of hydrogen-bond acceptors (Lipinski definition) is 6. The summed E-state index contributed by atoms with van der Waals surface area (Å²) >= 11 is 0. The zero-order chi connectivity index (χ0) is 21.8. The maximum atomic E-state index is 12.9. The van der Waals surface area contributed by atoms with Crippen LogP contribution in [0.2, 0.25) is 0 Å². The lowest BCUT2D eigenvalue weighted by molar-refractivity contribution is -0.125. The second-order valence-corrected chi connectivity index (χ2v) is 7.59. The van der Waals surface area contributed by atoms with Gasteiger partial charge in [0.15, 0.2) is 5.82 Å². The van der Waals surface area contributed by atoms with Gasteiger partial charge in [-0.1, -0.05) is 12.1 Å². The molecular formula is C23H26N4O4. The molecule has 31 heavy (non-hydrogen) atoms. The number of anilines is 1. The van der Waals surface area contributed by atoms with Crippen molar-refractivity contribution in [2.75, 3.05) is 32.2 Å². The lowest BCUT2D eigenvalue weighted by Gasteiger charge is -2.32. The molecule has 0 radical (unpaired) electrons. The third-order valence-corrected chi connectivity index (χ3v) is 5.62. The van der Waals surface area contributed by atoms with Gasteiger partial charge in [0.05, 0.1) is 31.2 Å². The monoisotopic (exact) mass is 422 g/mol. The van der Waals surface area contributed by atoms with Crippen LogP contribution in [0, 0.1) is 5.92 Å². The lowest BCUT2D eigenvalue weighted by Crippen LogP contribution is -2.44. The topological polar surface area (TPSA) is 96.5 Å². The quantitative estimate of drug-likeness (QED) is 0.634. The number of fused-ring (bicyclic) bond motifs is 1. The number of carbonyl (C=O) groups excluding carboxylic acids is 1. The minimum absolute atomic E-state index is 0.0419. The Labute approximate surface area is 180 Å². The number of nitrogens with zero attached hydrogens (tertiary/aromatic N) is 2. The number of carbonyl (C=O) groups is 1. The highest BCUT2D eigenvalue weighted by Crippen LogP contribution is 2.25. The van der Waals surface area contributed by atoms with Crippen molar-refractivity contribution in [1.29, 1.82) is 0 Å². The van der Waals surface area contributed by atoms with E-state index in [9.17, 15) is 9.59 Å². The molecule has 1 fully saturated rings. The van der Waals surface area contributed by atoms with Crippen LogP contribution in [0.3, 0.4) is 0 Å². The number of rotatable bonds is 6. The van der Waals surface area contributed by atoms with Gasteiger partial charge in [0, 0.05) is 31.3 Å². The molecule has 0 spiro atoms. The highest BCUT2D eigenvalue weighted by atomic mass is 16.5. The zero-order valence-corrected chi connectivity index (χ0v) is 17.7. The van der Waals surface area contributed by atoms with Crippen LogP contribution in [0.5, 0.6) is 11.5 Å². The van der Waals surface area contributed by atoms with E-state index in [0.717, 1.165) is 23.9 Å². The second-order valence-electron chi connectivity index (χ2n) is 7.59. The average Bonchev–Trinajstić information content (AvgIpc) is 2.82. The van der Waals surface area contributed by atoms with Crippen LogP contribution in [-0.2, 0) is 11.3 Å². The van der Waals surface area contributed by atoms with E-state index in [-0.39, 0.29) is 17.4 Å². The van der Waals surface area contributed by atoms with E-state index in [1.165, 1.54) is 0 Å². The molecule has 0 unspecified atom stereocenters. The van der Waals surface area contributed by atoms with Gasteiger partial charge >= 0.3 is 0 Å². The summed E-state index contributed by atoms with van der Waals surface area (Å²) in [6.07, 6.45) is 1.59. The molecule has 2 aromatic carbocycles. The molecular weight excluding hydrogens is 396 g/mol. The molecule has 2 heterocycles. The molecule has 1 aromatic heterocycles. The van der Waals surface area contributed by atoms with E-state index in [1.807, 2.05) is 41.3 Å². The number of ether oxygens (including phenoxy) is 2. The first kappa shape index (κ1) is 20.7. The summed E-state index contributed by atoms with van der Waals surface area (Å²) in [5.41, 5.74) is 2.07. The molecule has 0 bridgehead atoms. The lowest BCUT2D eigenvalue weighted by atomic mass is 9.97. The van der Waals surface area contributed by atoms with Crippen molar-refractivity contribution in [3.8, 4) is 11.5 Å². The average molecular weight is 422 g/mol. The summed E-state index contributed by atoms with van der Waals surface area (Å²) in [6.45, 7) is 1.52. The largest absolute Gasteiger partial charge is 0.497 e. The summed E-state index contributed by atoms with van der Waals surface area (Å²) in [4.78, 5) is 34.8. The Bertz CT molecular complexity index is 1140. The Morgan fingerprint density at radius 3 is 2.87 bits per heavy atom. The fraction of sp³-hybridized carbons (Fsp3) is 0.348. The standard InChI is InChI=1S/C23H26N4O4/c1-30-17-10-9-15(20(12-17)31-2)13-24-22(28)16-6-5-11-27(14-16)21-23(29)26-19-8-4-3-7-18(19)25-21/h3-4,7-10,12,16H,5-6,11,13-14H2,1-2H3,(H,24,28)(H,26,29)/t16-/m0/s1. The zero-order valence-electron chi connectivity index (χ0n) is 17.7. The van der Waals surface area contributed by atoms with Crippen LogP contribution in [0.1, 0.15) is 18.4 Å². The molecule has 1 saturated heterocycles. The first-order chi connectivity index (χ1) is 15.1. The summed E-state index contributed by atoms with van der Waals surface area (Å²) in [6, 6.07) is 12.9. The molecule has 4 rings (SSSR count). The SMILES string of the molecule is COc1ccc(CNC(=O)[C@H]2CCCN(c3nc4ccccc4[nH]c3=O)C2)c(OC)c1. The highest BCUT2D eigenvalue weighted by Gasteiger charge is 2.28. The third kappa shape index (κ3) is 4.47. The smallest absolute Gasteiger partial charge is 0.291 e. The van der Waals surface area contributed by atoms with Crippen LogP contribution in [0.15, 0.2) is 47.3 Å². The molecule has 8 nitrogen and oxygen atoms in total. The van der Waals surface area contributed by atoms with Gasteiger partial charge in [-0.15, -0.1) is 0 Å². The Kier molecular flexibility index (Phi) is 6.06. The van der Waals surface area contributed by atoms with Crippen LogP contribution < -0.4 is 25.2 Å². The van der Waals surface area contributed by atoms with Gasteiger partial charge in [0.2, 0.25) is 5.91 Å². The number of aromatic amines is 1. The van der Waals surface area contributed by atoms with Crippen LogP contribution in [0.4, 0.5) is 5.82 Å². The van der Waals surface area contributed by atoms with Gasteiger partial charge in [-0.05, 0) is 37.1 Å². The van der Waals surface area contributed by atoms with Crippen LogP contribution in [0.25, 0.3) is 11.0 Å². The van der Waals surface area contributed by atoms with Gasteiger partial charge in [-0.2, -0.15) is 0 Å². The first-order valence-corrected chi connectivity index (χ1v) is 10.3. The maximum Gasteiger partial charge on any atom is 0.291 e. The summed E-state index contributed by atoms with van der Waals surface area (Å²) < 4.78 is 10.6. The normalized spacial score (nSPS) is 16.2. The first-order valence-electron chi connectivity index (χ1n) is 10.3. The van der Waals surface area contributed by atoms with E-state index in [0.29, 0.717) is 42.5 Å². The second kappa shape index (κ2) is 9.07. The number of benzene rings is 2. The minimum Gasteiger partial charge on any atom is -0.497 e. The number of H-pyrrole nitrogens is 1. The Morgan fingerprint density at radius 2 is 2.06 bits per heavy atom. The molecule has 1 amide bonds. The van der Waals surface area contributed by atoms with Crippen molar-refractivity contribution in [3.63, 3.8) is 0 Å². The molecule has 0 aliphatic carbocycles. The van der Waals surface area contributed by atoms with E-state index in [2.05, 4.69) is 15.3 Å². The fourth-order valence-electron chi connectivity index (χ4n) is 3.94. The van der Waals surface area contributed by atoms with E-state index >= 15 is 0 Å². The van der Waals surface area contributed by atoms with E-state index in [1.54, 1.807) is 20.3 Å². The number of aromatic nitrogens is 2. The Hall–Kier alpha value is -3.55. The van der Waals surface area contributed by atoms with Crippen molar-refractivity contribution in [1.82, 2.24) is 15.3 Å². The van der Waals surface area contributed by atoms with Gasteiger partial charge in [-0.25, -0.2) is 4.98 Å². The Morgan fingerprint density at radius 1 is 1.23 bits per heavy atom. The molecule has 8 heteroatoms. The van der Waals surface area contributed by atoms with Crippen molar-refractivity contribution in [2.45, 2.75) is 19.4 Å². The highest BCUT2D eigenvalue weighted by molar-refractivity contribution is 5.80. The number of amides is 1. The molecule has 1 aliphatic rings. The fourth-order valence-corrected chi connectivity index (χ4v) is 3.94. The summed E-state index contributed by atoms with van der Waals surface area (Å²) in [5.74, 6) is 1.47. The minimum atomic E-state index is -0.234. The number of nitrogens with one attached hydrogen (secondary N) is 2. The molecule has 2 N–H and O–H groups in total. The van der Waals surface area contributed by atoms with Gasteiger partial charge in [0.1, 0.15) is 11.5 Å². The number of methoxy groups -OCH3 is 2. The number of para-hydroxylation sites is 2. The summed E-state index contributed by atoms with van der Waals surface area (Å²) in [5, 5.41) is 3.00. The predicted molar refractivity (Wildman–Crippen MR) is 119 cm³/mol. The molecule has 0 saturated carbocycles. The Balaban J connectivity index is 1.45. The van der Waals surface area contributed by atoms with E-state index < -0.39 is 0 Å². The molecule has 162 valence electrons. The number of piperidine rings is 1. The van der Waals surface area contributed by atoms with Gasteiger partial charge in [0.25, 0.3) is 5.56 Å². The molecule has 1 aliphatic heterocycles. The maximum absolute atomic E-state index is 12.9. The van der Waals surface area contributed by atoms with Crippen molar-refractivity contribution in [3.05, 3.63) is 58.4 Å². The van der Waals surface area contributed by atoms with Gasteiger partial charge < -0.3 is 24.7 Å². The summed E-state index contributed by atoms with van der Waals surface area (Å²) in [7, 11) is 3.19. The van der Waals surface area contributed by atoms with Gasteiger partial charge in [-0.3, -0.25) is 9.59 Å².